The monoisotopic (exact) mass is 303 g/mol. The fraction of sp³-hybridized carbons (Fsp3) is 0.294. The van der Waals surface area contributed by atoms with Gasteiger partial charge in [0.2, 0.25) is 10.0 Å². The maximum atomic E-state index is 11.9. The first-order valence-corrected chi connectivity index (χ1v) is 8.42. The second-order valence-electron chi connectivity index (χ2n) is 5.97. The SMILES string of the molecule is CC(C)(C)S(=O)(=O)NC/C=C/c1ccc2ccccc2c1. The van der Waals surface area contributed by atoms with E-state index in [0.717, 1.165) is 5.56 Å². The standard InChI is InChI=1S/C17H21NO2S/c1-17(2,3)21(19,20)18-12-6-7-14-10-11-15-8-4-5-9-16(15)13-14/h4-11,13,18H,12H2,1-3H3/b7-6+. The number of fused-ring (bicyclic) bond motifs is 1. The molecule has 21 heavy (non-hydrogen) atoms. The number of rotatable bonds is 4. The molecule has 112 valence electrons. The lowest BCUT2D eigenvalue weighted by Crippen LogP contribution is -2.39. The van der Waals surface area contributed by atoms with Gasteiger partial charge in [-0.05, 0) is 43.2 Å². The molecule has 0 atom stereocenters. The van der Waals surface area contributed by atoms with Crippen molar-refractivity contribution in [3.8, 4) is 0 Å². The smallest absolute Gasteiger partial charge is 0.212 e. The van der Waals surface area contributed by atoms with Crippen molar-refractivity contribution >= 4 is 26.9 Å². The Kier molecular flexibility index (Phi) is 4.49. The maximum absolute atomic E-state index is 11.9. The molecule has 2 aromatic rings. The Labute approximate surface area is 126 Å². The van der Waals surface area contributed by atoms with E-state index >= 15 is 0 Å². The molecule has 0 saturated carbocycles. The fourth-order valence-corrected chi connectivity index (χ4v) is 2.63. The highest BCUT2D eigenvalue weighted by molar-refractivity contribution is 7.90. The van der Waals surface area contributed by atoms with Crippen LogP contribution in [0, 0.1) is 0 Å². The van der Waals surface area contributed by atoms with Gasteiger partial charge < -0.3 is 0 Å². The second kappa shape index (κ2) is 6.00. The Balaban J connectivity index is 2.04. The summed E-state index contributed by atoms with van der Waals surface area (Å²) < 4.78 is 25.6. The minimum Gasteiger partial charge on any atom is -0.212 e. The zero-order valence-electron chi connectivity index (χ0n) is 12.6. The molecule has 0 aliphatic rings. The normalized spacial score (nSPS) is 13.1. The van der Waals surface area contributed by atoms with Gasteiger partial charge in [-0.3, -0.25) is 0 Å². The third-order valence-electron chi connectivity index (χ3n) is 3.28. The molecule has 0 aliphatic carbocycles. The Morgan fingerprint density at radius 2 is 1.71 bits per heavy atom. The van der Waals surface area contributed by atoms with Crippen molar-refractivity contribution in [2.24, 2.45) is 0 Å². The molecule has 0 aromatic heterocycles. The van der Waals surface area contributed by atoms with Crippen LogP contribution in [0.4, 0.5) is 0 Å². The summed E-state index contributed by atoms with van der Waals surface area (Å²) in [5.41, 5.74) is 1.06. The number of nitrogens with one attached hydrogen (secondary N) is 1. The van der Waals surface area contributed by atoms with Crippen LogP contribution in [0.2, 0.25) is 0 Å². The van der Waals surface area contributed by atoms with Crippen LogP contribution in [0.1, 0.15) is 26.3 Å². The third kappa shape index (κ3) is 3.93. The molecule has 4 heteroatoms. The van der Waals surface area contributed by atoms with E-state index in [1.807, 2.05) is 30.4 Å². The lowest BCUT2D eigenvalue weighted by molar-refractivity contribution is 0.549. The van der Waals surface area contributed by atoms with Gasteiger partial charge in [0, 0.05) is 6.54 Å². The molecule has 1 N–H and O–H groups in total. The van der Waals surface area contributed by atoms with Gasteiger partial charge in [0.05, 0.1) is 4.75 Å². The minimum atomic E-state index is -3.29. The Bertz CT molecular complexity index is 756. The van der Waals surface area contributed by atoms with Crippen molar-refractivity contribution in [1.82, 2.24) is 4.72 Å². The zero-order chi connectivity index (χ0) is 15.5. The van der Waals surface area contributed by atoms with Crippen LogP contribution in [0.15, 0.2) is 48.5 Å². The van der Waals surface area contributed by atoms with Crippen LogP contribution in [-0.2, 0) is 10.0 Å². The highest BCUT2D eigenvalue weighted by atomic mass is 32.2. The maximum Gasteiger partial charge on any atom is 0.216 e. The van der Waals surface area contributed by atoms with Gasteiger partial charge in [-0.15, -0.1) is 0 Å². The molecule has 0 heterocycles. The Morgan fingerprint density at radius 1 is 1.05 bits per heavy atom. The van der Waals surface area contributed by atoms with Crippen molar-refractivity contribution < 1.29 is 8.42 Å². The number of hydrogen-bond acceptors (Lipinski definition) is 2. The molecule has 0 amide bonds. The van der Waals surface area contributed by atoms with E-state index in [9.17, 15) is 8.42 Å². The largest absolute Gasteiger partial charge is 0.216 e. The van der Waals surface area contributed by atoms with Crippen molar-refractivity contribution in [2.45, 2.75) is 25.5 Å². The summed E-state index contributed by atoms with van der Waals surface area (Å²) in [5.74, 6) is 0. The molecule has 0 unspecified atom stereocenters. The minimum absolute atomic E-state index is 0.298. The predicted octanol–water partition coefficient (Wildman–Crippen LogP) is 3.57. The molecular formula is C17H21NO2S. The first-order chi connectivity index (χ1) is 9.79. The Hall–Kier alpha value is -1.65. The van der Waals surface area contributed by atoms with E-state index in [0.29, 0.717) is 6.54 Å². The van der Waals surface area contributed by atoms with E-state index < -0.39 is 14.8 Å². The highest BCUT2D eigenvalue weighted by Gasteiger charge is 2.27. The molecule has 2 aromatic carbocycles. The van der Waals surface area contributed by atoms with Crippen molar-refractivity contribution in [2.75, 3.05) is 6.54 Å². The van der Waals surface area contributed by atoms with E-state index in [4.69, 9.17) is 0 Å². The molecule has 2 rings (SSSR count). The summed E-state index contributed by atoms with van der Waals surface area (Å²) in [7, 11) is -3.29. The molecule has 3 nitrogen and oxygen atoms in total. The summed E-state index contributed by atoms with van der Waals surface area (Å²) in [5, 5.41) is 2.37. The summed E-state index contributed by atoms with van der Waals surface area (Å²) in [6.45, 7) is 5.35. The predicted molar refractivity (Wildman–Crippen MR) is 89.7 cm³/mol. The van der Waals surface area contributed by atoms with Crippen LogP contribution in [-0.4, -0.2) is 19.7 Å². The summed E-state index contributed by atoms with van der Waals surface area (Å²) in [4.78, 5) is 0. The third-order valence-corrected chi connectivity index (χ3v) is 5.44. The molecular weight excluding hydrogens is 282 g/mol. The Morgan fingerprint density at radius 3 is 2.38 bits per heavy atom. The van der Waals surface area contributed by atoms with E-state index in [1.165, 1.54) is 10.8 Å². The molecule has 0 bridgehead atoms. The fourth-order valence-electron chi connectivity index (χ4n) is 1.88. The summed E-state index contributed by atoms with van der Waals surface area (Å²) in [6, 6.07) is 14.3. The topological polar surface area (TPSA) is 46.2 Å². The van der Waals surface area contributed by atoms with E-state index in [1.54, 1.807) is 20.8 Å². The van der Waals surface area contributed by atoms with Gasteiger partial charge in [-0.1, -0.05) is 48.6 Å². The quantitative estimate of drug-likeness (QED) is 0.938. The van der Waals surface area contributed by atoms with Crippen molar-refractivity contribution in [1.29, 1.82) is 0 Å². The lowest BCUT2D eigenvalue weighted by atomic mass is 10.1. The van der Waals surface area contributed by atoms with Gasteiger partial charge in [0.1, 0.15) is 0 Å². The van der Waals surface area contributed by atoms with Gasteiger partial charge in [0.15, 0.2) is 0 Å². The average Bonchev–Trinajstić information content (AvgIpc) is 2.42. The number of benzene rings is 2. The number of hydrogen-bond donors (Lipinski definition) is 1. The van der Waals surface area contributed by atoms with Crippen LogP contribution in [0.25, 0.3) is 16.8 Å². The average molecular weight is 303 g/mol. The van der Waals surface area contributed by atoms with Crippen LogP contribution >= 0.6 is 0 Å². The summed E-state index contributed by atoms with van der Waals surface area (Å²) in [6.07, 6.45) is 3.75. The van der Waals surface area contributed by atoms with Gasteiger partial charge >= 0.3 is 0 Å². The molecule has 0 fully saturated rings. The first kappa shape index (κ1) is 15.7. The van der Waals surface area contributed by atoms with Crippen LogP contribution in [0.3, 0.4) is 0 Å². The van der Waals surface area contributed by atoms with E-state index in [-0.39, 0.29) is 0 Å². The van der Waals surface area contributed by atoms with E-state index in [2.05, 4.69) is 29.0 Å². The van der Waals surface area contributed by atoms with Gasteiger partial charge in [0.25, 0.3) is 0 Å². The second-order valence-corrected chi connectivity index (χ2v) is 8.49. The zero-order valence-corrected chi connectivity index (χ0v) is 13.4. The van der Waals surface area contributed by atoms with Gasteiger partial charge in [-0.2, -0.15) is 0 Å². The summed E-state index contributed by atoms with van der Waals surface area (Å²) >= 11 is 0. The molecule has 0 spiro atoms. The molecule has 0 aliphatic heterocycles. The van der Waals surface area contributed by atoms with Gasteiger partial charge in [-0.25, -0.2) is 13.1 Å². The molecule has 0 radical (unpaired) electrons. The number of sulfonamides is 1. The van der Waals surface area contributed by atoms with Crippen molar-refractivity contribution in [3.05, 3.63) is 54.1 Å². The first-order valence-electron chi connectivity index (χ1n) is 6.94. The molecule has 0 saturated heterocycles. The highest BCUT2D eigenvalue weighted by Crippen LogP contribution is 2.16. The lowest BCUT2D eigenvalue weighted by Gasteiger charge is -2.18. The van der Waals surface area contributed by atoms with Crippen molar-refractivity contribution in [3.63, 3.8) is 0 Å². The van der Waals surface area contributed by atoms with Crippen LogP contribution < -0.4 is 4.72 Å². The van der Waals surface area contributed by atoms with Crippen LogP contribution in [0.5, 0.6) is 0 Å².